The molecule has 0 aliphatic rings. The molecule has 2 rings (SSSR count). The van der Waals surface area contributed by atoms with Gasteiger partial charge in [0, 0.05) is 6.54 Å². The summed E-state index contributed by atoms with van der Waals surface area (Å²) in [4.78, 5) is 23.7. The van der Waals surface area contributed by atoms with E-state index in [9.17, 15) is 22.4 Å². The number of hydrogen-bond acceptors (Lipinski definition) is 5. The molecule has 0 aliphatic heterocycles. The molecule has 0 fully saturated rings. The van der Waals surface area contributed by atoms with E-state index in [-0.39, 0.29) is 6.54 Å². The van der Waals surface area contributed by atoms with Crippen molar-refractivity contribution in [3.8, 4) is 0 Å². The topological polar surface area (TPSA) is 116 Å². The number of esters is 1. The van der Waals surface area contributed by atoms with Crippen molar-refractivity contribution in [1.29, 1.82) is 0 Å². The van der Waals surface area contributed by atoms with E-state index in [2.05, 4.69) is 5.32 Å². The molecule has 1 amide bonds. The Balaban J connectivity index is 2.02. The zero-order valence-corrected chi connectivity index (χ0v) is 15.5. The van der Waals surface area contributed by atoms with Gasteiger partial charge in [0.15, 0.2) is 6.10 Å². The van der Waals surface area contributed by atoms with Crippen LogP contribution in [0.5, 0.6) is 0 Å². The van der Waals surface area contributed by atoms with Gasteiger partial charge in [0.1, 0.15) is 5.82 Å². The Kier molecular flexibility index (Phi) is 6.29. The van der Waals surface area contributed by atoms with Crippen LogP contribution in [0.3, 0.4) is 0 Å². The fourth-order valence-electron chi connectivity index (χ4n) is 2.15. The number of amides is 1. The van der Waals surface area contributed by atoms with Crippen molar-refractivity contribution in [3.63, 3.8) is 0 Å². The predicted molar refractivity (Wildman–Crippen MR) is 95.7 cm³/mol. The molecule has 2 aromatic carbocycles. The van der Waals surface area contributed by atoms with Gasteiger partial charge < -0.3 is 10.1 Å². The van der Waals surface area contributed by atoms with Crippen LogP contribution in [0.2, 0.25) is 0 Å². The second-order valence-electron chi connectivity index (χ2n) is 5.94. The summed E-state index contributed by atoms with van der Waals surface area (Å²) >= 11 is 0. The summed E-state index contributed by atoms with van der Waals surface area (Å²) in [6.45, 7) is 3.49. The van der Waals surface area contributed by atoms with Crippen molar-refractivity contribution in [2.75, 3.05) is 0 Å². The van der Waals surface area contributed by atoms with Gasteiger partial charge in [-0.25, -0.2) is 22.7 Å². The maximum atomic E-state index is 13.8. The molecule has 27 heavy (non-hydrogen) atoms. The lowest BCUT2D eigenvalue weighted by Gasteiger charge is -2.14. The molecule has 2 aromatic rings. The van der Waals surface area contributed by atoms with E-state index in [1.165, 1.54) is 6.92 Å². The van der Waals surface area contributed by atoms with E-state index in [0.29, 0.717) is 0 Å². The summed E-state index contributed by atoms with van der Waals surface area (Å²) in [5.41, 5.74) is 1.32. The standard InChI is InChI=1S/C18H19FN2O5S/c1-11-3-5-13(6-4-11)10-21-17(22)12(2)26-18(23)15-9-14(27(20,24)25)7-8-16(15)19/h3-9,12H,10H2,1-2H3,(H,21,22)(H2,20,24,25)/t12-/m1/s1. The zero-order chi connectivity index (χ0) is 20.2. The minimum absolute atomic E-state index is 0.232. The van der Waals surface area contributed by atoms with E-state index < -0.39 is 44.3 Å². The maximum Gasteiger partial charge on any atom is 0.341 e. The lowest BCUT2D eigenvalue weighted by molar-refractivity contribution is -0.129. The highest BCUT2D eigenvalue weighted by Crippen LogP contribution is 2.16. The Hall–Kier alpha value is -2.78. The van der Waals surface area contributed by atoms with Crippen LogP contribution >= 0.6 is 0 Å². The molecule has 9 heteroatoms. The van der Waals surface area contributed by atoms with Gasteiger partial charge >= 0.3 is 5.97 Å². The van der Waals surface area contributed by atoms with Crippen LogP contribution in [0.1, 0.15) is 28.4 Å². The SMILES string of the molecule is Cc1ccc(CNC(=O)[C@@H](C)OC(=O)c2cc(S(N)(=O)=O)ccc2F)cc1. The lowest BCUT2D eigenvalue weighted by atomic mass is 10.1. The molecule has 3 N–H and O–H groups in total. The number of ether oxygens (including phenoxy) is 1. The van der Waals surface area contributed by atoms with Gasteiger partial charge in [-0.05, 0) is 37.6 Å². The molecule has 0 radical (unpaired) electrons. The zero-order valence-electron chi connectivity index (χ0n) is 14.7. The highest BCUT2D eigenvalue weighted by Gasteiger charge is 2.22. The third-order valence-corrected chi connectivity index (χ3v) is 4.64. The second-order valence-corrected chi connectivity index (χ2v) is 7.50. The third kappa shape index (κ3) is 5.60. The molecule has 1 atom stereocenters. The van der Waals surface area contributed by atoms with Crippen LogP contribution in [0.15, 0.2) is 47.4 Å². The number of rotatable bonds is 6. The minimum Gasteiger partial charge on any atom is -0.449 e. The number of nitrogens with one attached hydrogen (secondary N) is 1. The van der Waals surface area contributed by atoms with Gasteiger partial charge in [0.2, 0.25) is 10.0 Å². The largest absolute Gasteiger partial charge is 0.449 e. The van der Waals surface area contributed by atoms with Crippen molar-refractivity contribution in [1.82, 2.24) is 5.32 Å². The van der Waals surface area contributed by atoms with Gasteiger partial charge in [-0.15, -0.1) is 0 Å². The highest BCUT2D eigenvalue weighted by molar-refractivity contribution is 7.89. The number of carbonyl (C=O) groups is 2. The average molecular weight is 394 g/mol. The molecular formula is C18H19FN2O5S. The molecule has 7 nitrogen and oxygen atoms in total. The number of nitrogens with two attached hydrogens (primary N) is 1. The Morgan fingerprint density at radius 2 is 1.81 bits per heavy atom. The van der Waals surface area contributed by atoms with Crippen LogP contribution in [-0.4, -0.2) is 26.4 Å². The number of benzene rings is 2. The van der Waals surface area contributed by atoms with Crippen molar-refractivity contribution in [2.45, 2.75) is 31.4 Å². The van der Waals surface area contributed by atoms with Gasteiger partial charge in [0.25, 0.3) is 5.91 Å². The lowest BCUT2D eigenvalue weighted by Crippen LogP contribution is -2.35. The number of primary sulfonamides is 1. The van der Waals surface area contributed by atoms with E-state index in [4.69, 9.17) is 9.88 Å². The van der Waals surface area contributed by atoms with Crippen molar-refractivity contribution in [2.24, 2.45) is 5.14 Å². The van der Waals surface area contributed by atoms with Crippen LogP contribution in [0, 0.1) is 12.7 Å². The number of carbonyl (C=O) groups excluding carboxylic acids is 2. The monoisotopic (exact) mass is 394 g/mol. The molecule has 0 aromatic heterocycles. The van der Waals surface area contributed by atoms with E-state index in [1.807, 2.05) is 31.2 Å². The molecule has 0 aliphatic carbocycles. The smallest absolute Gasteiger partial charge is 0.341 e. The molecule has 0 spiro atoms. The Morgan fingerprint density at radius 3 is 2.41 bits per heavy atom. The summed E-state index contributed by atoms with van der Waals surface area (Å²) in [6, 6.07) is 9.97. The molecule has 0 unspecified atom stereocenters. The van der Waals surface area contributed by atoms with E-state index >= 15 is 0 Å². The molecule has 144 valence electrons. The number of hydrogen-bond donors (Lipinski definition) is 2. The Bertz CT molecular complexity index is 958. The van der Waals surface area contributed by atoms with E-state index in [1.54, 1.807) is 0 Å². The van der Waals surface area contributed by atoms with Gasteiger partial charge in [-0.2, -0.15) is 0 Å². The Morgan fingerprint density at radius 1 is 1.19 bits per heavy atom. The number of halogens is 1. The van der Waals surface area contributed by atoms with Crippen molar-refractivity contribution >= 4 is 21.9 Å². The van der Waals surface area contributed by atoms with Gasteiger partial charge in [0.05, 0.1) is 10.5 Å². The first kappa shape index (κ1) is 20.5. The van der Waals surface area contributed by atoms with Crippen LogP contribution in [0.25, 0.3) is 0 Å². The fraction of sp³-hybridized carbons (Fsp3) is 0.222. The minimum atomic E-state index is -4.12. The summed E-state index contributed by atoms with van der Waals surface area (Å²) in [6.07, 6.45) is -1.21. The number of sulfonamides is 1. The highest BCUT2D eigenvalue weighted by atomic mass is 32.2. The van der Waals surface area contributed by atoms with Crippen LogP contribution < -0.4 is 10.5 Å². The molecule has 0 saturated heterocycles. The van der Waals surface area contributed by atoms with E-state index in [0.717, 1.165) is 29.3 Å². The second kappa shape index (κ2) is 8.28. The van der Waals surface area contributed by atoms with Gasteiger partial charge in [-0.1, -0.05) is 29.8 Å². The molecular weight excluding hydrogens is 375 g/mol. The van der Waals surface area contributed by atoms with Crippen LogP contribution in [0.4, 0.5) is 4.39 Å². The first-order valence-corrected chi connectivity index (χ1v) is 9.49. The first-order valence-electron chi connectivity index (χ1n) is 7.94. The quantitative estimate of drug-likeness (QED) is 0.723. The Labute approximate surface area is 156 Å². The van der Waals surface area contributed by atoms with Gasteiger partial charge in [-0.3, -0.25) is 4.79 Å². The summed E-state index contributed by atoms with van der Waals surface area (Å²) in [5, 5.41) is 7.56. The average Bonchev–Trinajstić information content (AvgIpc) is 2.60. The molecule has 0 saturated carbocycles. The predicted octanol–water partition coefficient (Wildman–Crippen LogP) is 1.64. The summed E-state index contributed by atoms with van der Waals surface area (Å²) in [7, 11) is -4.12. The maximum absolute atomic E-state index is 13.8. The molecule has 0 heterocycles. The summed E-state index contributed by atoms with van der Waals surface area (Å²) < 4.78 is 41.4. The fourth-order valence-corrected chi connectivity index (χ4v) is 2.69. The normalized spacial score (nSPS) is 12.3. The number of aryl methyl sites for hydroxylation is 1. The summed E-state index contributed by atoms with van der Waals surface area (Å²) in [5.74, 6) is -2.73. The third-order valence-electron chi connectivity index (χ3n) is 3.73. The molecule has 0 bridgehead atoms. The van der Waals surface area contributed by atoms with Crippen LogP contribution in [-0.2, 0) is 26.1 Å². The van der Waals surface area contributed by atoms with Crippen molar-refractivity contribution < 1.29 is 27.1 Å². The van der Waals surface area contributed by atoms with Crippen molar-refractivity contribution in [3.05, 3.63) is 65.0 Å². The first-order chi connectivity index (χ1) is 12.6.